The van der Waals surface area contributed by atoms with E-state index in [2.05, 4.69) is 4.90 Å². The van der Waals surface area contributed by atoms with Gasteiger partial charge in [-0.2, -0.15) is 0 Å². The van der Waals surface area contributed by atoms with Gasteiger partial charge in [-0.1, -0.05) is 67.1 Å². The van der Waals surface area contributed by atoms with Gasteiger partial charge in [0.25, 0.3) is 5.91 Å². The molecule has 2 aromatic rings. The van der Waals surface area contributed by atoms with Gasteiger partial charge in [0, 0.05) is 30.8 Å². The summed E-state index contributed by atoms with van der Waals surface area (Å²) in [7, 11) is 0. The number of nitrogens with zero attached hydrogens (tertiary/aromatic N) is 2. The van der Waals surface area contributed by atoms with Crippen molar-refractivity contribution in [1.82, 2.24) is 9.80 Å². The van der Waals surface area contributed by atoms with Gasteiger partial charge in [-0.25, -0.2) is 0 Å². The first-order chi connectivity index (χ1) is 15.2. The smallest absolute Gasteiger partial charge is 0.272 e. The molecule has 4 nitrogen and oxygen atoms in total. The molecule has 0 aliphatic carbocycles. The van der Waals surface area contributed by atoms with Crippen LogP contribution in [0.25, 0.3) is 0 Å². The van der Waals surface area contributed by atoms with Crippen molar-refractivity contribution in [3.8, 4) is 0 Å². The zero-order valence-corrected chi connectivity index (χ0v) is 19.1. The zero-order chi connectivity index (χ0) is 21.5. The third-order valence-corrected chi connectivity index (χ3v) is 8.27. The molecule has 2 fully saturated rings. The van der Waals surface area contributed by atoms with Crippen LogP contribution in [0, 0.1) is 5.92 Å². The minimum Gasteiger partial charge on any atom is -0.615 e. The van der Waals surface area contributed by atoms with Gasteiger partial charge in [-0.3, -0.25) is 4.79 Å². The monoisotopic (exact) mass is 438 g/mol. The van der Waals surface area contributed by atoms with Gasteiger partial charge < -0.3 is 14.4 Å². The van der Waals surface area contributed by atoms with Crippen LogP contribution in [0.15, 0.2) is 60.7 Å². The minimum atomic E-state index is -1.31. The van der Waals surface area contributed by atoms with Crippen molar-refractivity contribution in [2.75, 3.05) is 38.5 Å². The van der Waals surface area contributed by atoms with Crippen LogP contribution in [0.5, 0.6) is 0 Å². The van der Waals surface area contributed by atoms with Crippen LogP contribution in [0.4, 0.5) is 0 Å². The van der Waals surface area contributed by atoms with Crippen LogP contribution in [-0.2, 0) is 16.0 Å². The van der Waals surface area contributed by atoms with Crippen LogP contribution in [0.3, 0.4) is 0 Å². The molecule has 2 aromatic carbocycles. The van der Waals surface area contributed by atoms with E-state index < -0.39 is 11.2 Å². The molecular weight excluding hydrogens is 404 g/mol. The van der Waals surface area contributed by atoms with E-state index in [4.69, 9.17) is 0 Å². The van der Waals surface area contributed by atoms with E-state index in [9.17, 15) is 9.35 Å². The molecule has 0 aromatic heterocycles. The summed E-state index contributed by atoms with van der Waals surface area (Å²) in [4.78, 5) is 17.5. The predicted molar refractivity (Wildman–Crippen MR) is 127 cm³/mol. The Morgan fingerprint density at radius 2 is 1.42 bits per heavy atom. The maximum absolute atomic E-state index is 13.4. The van der Waals surface area contributed by atoms with E-state index in [1.807, 2.05) is 65.6 Å². The molecule has 2 saturated heterocycles. The summed E-state index contributed by atoms with van der Waals surface area (Å²) in [5.41, 5.74) is 2.00. The van der Waals surface area contributed by atoms with Crippen LogP contribution >= 0.6 is 0 Å². The largest absolute Gasteiger partial charge is 0.615 e. The van der Waals surface area contributed by atoms with Crippen molar-refractivity contribution in [2.24, 2.45) is 5.92 Å². The fourth-order valence-electron chi connectivity index (χ4n) is 4.92. The van der Waals surface area contributed by atoms with E-state index in [1.165, 1.54) is 38.9 Å². The lowest BCUT2D eigenvalue weighted by atomic mass is 9.95. The fourth-order valence-corrected chi connectivity index (χ4v) is 6.43. The number of piperidine rings is 2. The Balaban J connectivity index is 1.34. The summed E-state index contributed by atoms with van der Waals surface area (Å²) in [5.74, 6) is 0.811. The summed E-state index contributed by atoms with van der Waals surface area (Å²) in [5, 5.41) is -0.275. The Kier molecular flexibility index (Phi) is 8.06. The van der Waals surface area contributed by atoms with E-state index in [-0.39, 0.29) is 16.9 Å². The fraction of sp³-hybridized carbons (Fsp3) is 0.500. The molecule has 5 heteroatoms. The summed E-state index contributed by atoms with van der Waals surface area (Å²) in [6.07, 6.45) is 6.15. The van der Waals surface area contributed by atoms with Crippen molar-refractivity contribution in [3.63, 3.8) is 0 Å². The molecule has 2 aliphatic heterocycles. The topological polar surface area (TPSA) is 46.6 Å². The number of hydrogen-bond acceptors (Lipinski definition) is 3. The molecular formula is C26H34N2O2S. The van der Waals surface area contributed by atoms with E-state index in [0.717, 1.165) is 37.1 Å². The van der Waals surface area contributed by atoms with Crippen LogP contribution in [0.1, 0.15) is 48.5 Å². The lowest BCUT2D eigenvalue weighted by molar-refractivity contribution is -0.129. The van der Waals surface area contributed by atoms with Gasteiger partial charge >= 0.3 is 0 Å². The highest BCUT2D eigenvalue weighted by Gasteiger charge is 2.32. The van der Waals surface area contributed by atoms with Crippen molar-refractivity contribution in [1.29, 1.82) is 0 Å². The van der Waals surface area contributed by atoms with Crippen LogP contribution in [0.2, 0.25) is 0 Å². The maximum Gasteiger partial charge on any atom is 0.272 e. The first-order valence-corrected chi connectivity index (χ1v) is 13.1. The lowest BCUT2D eigenvalue weighted by Crippen LogP contribution is -2.44. The van der Waals surface area contributed by atoms with Gasteiger partial charge in [0.05, 0.1) is 0 Å². The molecule has 0 N–H and O–H groups in total. The number of carbonyl (C=O) groups excluding carboxylic acids is 1. The highest BCUT2D eigenvalue weighted by atomic mass is 32.2. The number of likely N-dealkylation sites (tertiary alicyclic amines) is 2. The minimum absolute atomic E-state index is 0.0339. The highest BCUT2D eigenvalue weighted by Crippen LogP contribution is 2.31. The number of benzene rings is 2. The van der Waals surface area contributed by atoms with E-state index >= 15 is 0 Å². The molecule has 166 valence electrons. The van der Waals surface area contributed by atoms with Gasteiger partial charge in [0.1, 0.15) is 0 Å². The summed E-state index contributed by atoms with van der Waals surface area (Å²) in [6.45, 7) is 5.25. The number of carbonyl (C=O) groups is 1. The van der Waals surface area contributed by atoms with Gasteiger partial charge in [0.2, 0.25) is 0 Å². The van der Waals surface area contributed by atoms with Crippen molar-refractivity contribution in [3.05, 3.63) is 71.8 Å². The van der Waals surface area contributed by atoms with E-state index in [0.29, 0.717) is 5.92 Å². The van der Waals surface area contributed by atoms with Crippen LogP contribution in [-0.4, -0.2) is 58.7 Å². The molecule has 1 atom stereocenters. The van der Waals surface area contributed by atoms with Gasteiger partial charge in [-0.05, 0) is 55.9 Å². The molecule has 0 saturated carbocycles. The molecule has 4 rings (SSSR count). The van der Waals surface area contributed by atoms with E-state index in [1.54, 1.807) is 0 Å². The van der Waals surface area contributed by atoms with Crippen molar-refractivity contribution >= 4 is 17.1 Å². The Hall–Kier alpha value is -1.82. The Morgan fingerprint density at radius 3 is 1.97 bits per heavy atom. The van der Waals surface area contributed by atoms with Gasteiger partial charge in [0.15, 0.2) is 11.0 Å². The Bertz CT molecular complexity index is 763. The Labute approximate surface area is 189 Å². The summed E-state index contributed by atoms with van der Waals surface area (Å²) >= 11 is -1.31. The lowest BCUT2D eigenvalue weighted by Gasteiger charge is -2.36. The maximum atomic E-state index is 13.4. The summed E-state index contributed by atoms with van der Waals surface area (Å²) in [6, 6.07) is 19.8. The average molecular weight is 439 g/mol. The zero-order valence-electron chi connectivity index (χ0n) is 18.3. The molecule has 2 aliphatic rings. The third-order valence-electron chi connectivity index (χ3n) is 6.67. The predicted octanol–water partition coefficient (Wildman–Crippen LogP) is 4.25. The second-order valence-corrected chi connectivity index (χ2v) is 10.4. The third kappa shape index (κ3) is 6.12. The number of hydrogen-bond donors (Lipinski definition) is 0. The number of amides is 1. The molecule has 0 spiro atoms. The molecule has 0 bridgehead atoms. The number of rotatable bonds is 7. The molecule has 0 radical (unpaired) electrons. The first kappa shape index (κ1) is 22.4. The normalized spacial score (nSPS) is 19.5. The quantitative estimate of drug-likeness (QED) is 0.607. The second-order valence-electron chi connectivity index (χ2n) is 8.91. The first-order valence-electron chi connectivity index (χ1n) is 11.7. The standard InChI is InChI=1S/C26H34N2O2S/c29-25(28-18-14-22(15-19-28)20-27-16-8-3-9-17-27)21-31(30)26(23-10-4-1-5-11-23)24-12-6-2-7-13-24/h1-2,4-7,10-13,22,26H,3,8-9,14-21H2. The second kappa shape index (κ2) is 11.2. The SMILES string of the molecule is O=C(C[S+]([O-])C(c1ccccc1)c1ccccc1)N1CCC(CN2CCCCC2)CC1. The Morgan fingerprint density at radius 1 is 0.871 bits per heavy atom. The highest BCUT2D eigenvalue weighted by molar-refractivity contribution is 7.92. The molecule has 1 amide bonds. The van der Waals surface area contributed by atoms with Crippen molar-refractivity contribution < 1.29 is 9.35 Å². The summed E-state index contributed by atoms with van der Waals surface area (Å²) < 4.78 is 13.4. The average Bonchev–Trinajstić information content (AvgIpc) is 2.82. The molecule has 1 unspecified atom stereocenters. The van der Waals surface area contributed by atoms with Crippen LogP contribution < -0.4 is 0 Å². The van der Waals surface area contributed by atoms with Crippen molar-refractivity contribution in [2.45, 2.75) is 37.4 Å². The molecule has 2 heterocycles. The van der Waals surface area contributed by atoms with Gasteiger partial charge in [-0.15, -0.1) is 0 Å². The molecule has 31 heavy (non-hydrogen) atoms.